The normalized spacial score (nSPS) is 12.8. The fourth-order valence-electron chi connectivity index (χ4n) is 3.47. The summed E-state index contributed by atoms with van der Waals surface area (Å²) in [6.45, 7) is 6.31. The van der Waals surface area contributed by atoms with Crippen LogP contribution in [0.15, 0.2) is 30.4 Å². The first kappa shape index (κ1) is 23.8. The molecule has 1 aliphatic carbocycles. The van der Waals surface area contributed by atoms with Gasteiger partial charge >= 0.3 is 0 Å². The molecular weight excluding hydrogens is 537 g/mol. The SMILES string of the molecule is C=CCOc1c(I)cc(/C=C(\C#N)C(=O)Nc2sc3c(c2C#N)CCCC3)cc1OCC. The van der Waals surface area contributed by atoms with Gasteiger partial charge in [-0.3, -0.25) is 4.79 Å². The van der Waals surface area contributed by atoms with Gasteiger partial charge in [-0.15, -0.1) is 11.3 Å². The highest BCUT2D eigenvalue weighted by Gasteiger charge is 2.23. The maximum atomic E-state index is 12.9. The first-order valence-electron chi connectivity index (χ1n) is 10.2. The molecule has 0 saturated heterocycles. The third-order valence-corrected chi connectivity index (χ3v) is 6.87. The van der Waals surface area contributed by atoms with Gasteiger partial charge in [0.15, 0.2) is 11.5 Å². The number of aryl methyl sites for hydroxylation is 1. The maximum absolute atomic E-state index is 12.9. The van der Waals surface area contributed by atoms with Gasteiger partial charge in [-0.2, -0.15) is 10.5 Å². The second-order valence-electron chi connectivity index (χ2n) is 7.01. The zero-order chi connectivity index (χ0) is 23.1. The maximum Gasteiger partial charge on any atom is 0.266 e. The van der Waals surface area contributed by atoms with Gasteiger partial charge in [-0.1, -0.05) is 12.7 Å². The van der Waals surface area contributed by atoms with Crippen LogP contribution in [0.4, 0.5) is 5.00 Å². The van der Waals surface area contributed by atoms with Crippen molar-refractivity contribution in [2.75, 3.05) is 18.5 Å². The number of nitrogens with one attached hydrogen (secondary N) is 1. The lowest BCUT2D eigenvalue weighted by Crippen LogP contribution is -2.13. The van der Waals surface area contributed by atoms with Crippen LogP contribution in [0.3, 0.4) is 0 Å². The van der Waals surface area contributed by atoms with Crippen molar-refractivity contribution in [1.82, 2.24) is 0 Å². The van der Waals surface area contributed by atoms with Gasteiger partial charge in [-0.25, -0.2) is 0 Å². The van der Waals surface area contributed by atoms with Gasteiger partial charge < -0.3 is 14.8 Å². The molecule has 3 rings (SSSR count). The number of carbonyl (C=O) groups is 1. The van der Waals surface area contributed by atoms with Gasteiger partial charge in [0.1, 0.15) is 29.3 Å². The lowest BCUT2D eigenvalue weighted by atomic mass is 9.96. The Morgan fingerprint density at radius 1 is 1.31 bits per heavy atom. The Morgan fingerprint density at radius 3 is 2.78 bits per heavy atom. The largest absolute Gasteiger partial charge is 0.490 e. The topological polar surface area (TPSA) is 95.1 Å². The minimum Gasteiger partial charge on any atom is -0.490 e. The van der Waals surface area contributed by atoms with E-state index in [1.807, 2.05) is 19.1 Å². The molecule has 0 bridgehead atoms. The fraction of sp³-hybridized carbons (Fsp3) is 0.292. The number of ether oxygens (including phenoxy) is 2. The molecule has 32 heavy (non-hydrogen) atoms. The van der Waals surface area contributed by atoms with E-state index in [4.69, 9.17) is 9.47 Å². The summed E-state index contributed by atoms with van der Waals surface area (Å²) in [4.78, 5) is 14.0. The van der Waals surface area contributed by atoms with E-state index in [0.717, 1.165) is 39.7 Å². The van der Waals surface area contributed by atoms with Crippen LogP contribution in [-0.2, 0) is 17.6 Å². The summed E-state index contributed by atoms with van der Waals surface area (Å²) in [5.41, 5.74) is 2.14. The molecule has 0 saturated carbocycles. The second kappa shape index (κ2) is 11.2. The lowest BCUT2D eigenvalue weighted by molar-refractivity contribution is -0.112. The Morgan fingerprint density at radius 2 is 2.09 bits per heavy atom. The average molecular weight is 559 g/mol. The number of amides is 1. The molecule has 0 aliphatic heterocycles. The Balaban J connectivity index is 1.90. The van der Waals surface area contributed by atoms with Gasteiger partial charge in [0.25, 0.3) is 5.91 Å². The standard InChI is InChI=1S/C24H22IN3O3S/c1-3-9-31-22-19(25)11-15(12-20(22)30-4-2)10-16(13-26)23(29)28-24-18(14-27)17-7-5-6-8-21(17)32-24/h3,10-12H,1,4-9H2,2H3,(H,28,29)/b16-10+. The van der Waals surface area contributed by atoms with E-state index in [2.05, 4.69) is 40.6 Å². The zero-order valence-electron chi connectivity index (χ0n) is 17.7. The summed E-state index contributed by atoms with van der Waals surface area (Å²) in [5, 5.41) is 22.5. The molecule has 1 heterocycles. The van der Waals surface area contributed by atoms with Gasteiger partial charge in [0, 0.05) is 4.88 Å². The number of nitrogens with zero attached hydrogens (tertiary/aromatic N) is 2. The molecule has 0 atom stereocenters. The van der Waals surface area contributed by atoms with E-state index < -0.39 is 5.91 Å². The van der Waals surface area contributed by atoms with Gasteiger partial charge in [-0.05, 0) is 84.5 Å². The van der Waals surface area contributed by atoms with Crippen molar-refractivity contribution in [1.29, 1.82) is 10.5 Å². The number of anilines is 1. The van der Waals surface area contributed by atoms with E-state index in [-0.39, 0.29) is 5.57 Å². The summed E-state index contributed by atoms with van der Waals surface area (Å²) >= 11 is 3.56. The monoisotopic (exact) mass is 559 g/mol. The Labute approximate surface area is 205 Å². The predicted octanol–water partition coefficient (Wildman–Crippen LogP) is 5.61. The van der Waals surface area contributed by atoms with Gasteiger partial charge in [0.2, 0.25) is 0 Å². The summed E-state index contributed by atoms with van der Waals surface area (Å²) in [5.74, 6) is 0.584. The lowest BCUT2D eigenvalue weighted by Gasteiger charge is -2.14. The minimum absolute atomic E-state index is 0.0572. The van der Waals surface area contributed by atoms with Crippen LogP contribution in [-0.4, -0.2) is 19.1 Å². The molecule has 1 aromatic carbocycles. The number of rotatable bonds is 8. The van der Waals surface area contributed by atoms with Crippen molar-refractivity contribution >= 4 is 50.9 Å². The van der Waals surface area contributed by atoms with Crippen molar-refractivity contribution < 1.29 is 14.3 Å². The van der Waals surface area contributed by atoms with Crippen molar-refractivity contribution in [2.45, 2.75) is 32.6 Å². The number of carbonyl (C=O) groups excluding carboxylic acids is 1. The molecule has 0 spiro atoms. The molecule has 0 radical (unpaired) electrons. The molecule has 8 heteroatoms. The molecule has 1 amide bonds. The van der Waals surface area contributed by atoms with Crippen LogP contribution in [0.2, 0.25) is 0 Å². The highest BCUT2D eigenvalue weighted by Crippen LogP contribution is 2.38. The first-order valence-corrected chi connectivity index (χ1v) is 12.1. The van der Waals surface area contributed by atoms with Crippen LogP contribution >= 0.6 is 33.9 Å². The smallest absolute Gasteiger partial charge is 0.266 e. The highest BCUT2D eigenvalue weighted by molar-refractivity contribution is 14.1. The van der Waals surface area contributed by atoms with Crippen molar-refractivity contribution in [2.24, 2.45) is 0 Å². The number of fused-ring (bicyclic) bond motifs is 1. The Kier molecular flexibility index (Phi) is 8.32. The summed E-state index contributed by atoms with van der Waals surface area (Å²) in [7, 11) is 0. The molecular formula is C24H22IN3O3S. The van der Waals surface area contributed by atoms with Gasteiger partial charge in [0.05, 0.1) is 15.7 Å². The van der Waals surface area contributed by atoms with Crippen molar-refractivity contribution in [3.63, 3.8) is 0 Å². The third-order valence-electron chi connectivity index (χ3n) is 4.86. The number of thiophene rings is 1. The summed E-state index contributed by atoms with van der Waals surface area (Å²) in [6.07, 6.45) is 7.06. The number of hydrogen-bond donors (Lipinski definition) is 1. The number of benzene rings is 1. The first-order chi connectivity index (χ1) is 15.5. The fourth-order valence-corrected chi connectivity index (χ4v) is 5.49. The summed E-state index contributed by atoms with van der Waals surface area (Å²) in [6, 6.07) is 7.75. The van der Waals surface area contributed by atoms with E-state index in [0.29, 0.717) is 40.8 Å². The van der Waals surface area contributed by atoms with Crippen molar-refractivity contribution in [3.8, 4) is 23.6 Å². The quantitative estimate of drug-likeness (QED) is 0.196. The molecule has 0 unspecified atom stereocenters. The average Bonchev–Trinajstić information content (AvgIpc) is 3.13. The van der Waals surface area contributed by atoms with E-state index in [1.165, 1.54) is 17.4 Å². The molecule has 1 aliphatic rings. The second-order valence-corrected chi connectivity index (χ2v) is 9.28. The van der Waals surface area contributed by atoms with Crippen LogP contribution in [0, 0.1) is 26.2 Å². The third kappa shape index (κ3) is 5.32. The Hall–Kier alpha value is -2.82. The Bertz CT molecular complexity index is 1150. The number of hydrogen-bond acceptors (Lipinski definition) is 6. The zero-order valence-corrected chi connectivity index (χ0v) is 20.6. The van der Waals surface area contributed by atoms with Crippen molar-refractivity contribution in [3.05, 3.63) is 55.5 Å². The minimum atomic E-state index is -0.539. The van der Waals surface area contributed by atoms with Crippen LogP contribution in [0.1, 0.15) is 41.3 Å². The molecule has 1 aromatic heterocycles. The molecule has 164 valence electrons. The van der Waals surface area contributed by atoms with E-state index in [1.54, 1.807) is 12.1 Å². The summed E-state index contributed by atoms with van der Waals surface area (Å²) < 4.78 is 12.2. The molecule has 2 aromatic rings. The van der Waals surface area contributed by atoms with E-state index in [9.17, 15) is 15.3 Å². The van der Waals surface area contributed by atoms with Crippen LogP contribution in [0.5, 0.6) is 11.5 Å². The van der Waals surface area contributed by atoms with E-state index >= 15 is 0 Å². The molecule has 0 fully saturated rings. The highest BCUT2D eigenvalue weighted by atomic mass is 127. The van der Waals surface area contributed by atoms with Crippen LogP contribution in [0.25, 0.3) is 6.08 Å². The number of halogens is 1. The van der Waals surface area contributed by atoms with Crippen LogP contribution < -0.4 is 14.8 Å². The molecule has 6 nitrogen and oxygen atoms in total. The molecule has 1 N–H and O–H groups in total. The number of nitriles is 2. The predicted molar refractivity (Wildman–Crippen MR) is 134 cm³/mol.